The van der Waals surface area contributed by atoms with E-state index in [0.717, 1.165) is 5.76 Å². The first-order valence-electron chi connectivity index (χ1n) is 4.44. The highest BCUT2D eigenvalue weighted by atomic mass is 79.9. The first kappa shape index (κ1) is 7.99. The Labute approximate surface area is 90.7 Å². The van der Waals surface area contributed by atoms with Crippen LogP contribution in [0, 0.1) is 6.92 Å². The molecule has 0 unspecified atom stereocenters. The Morgan fingerprint density at radius 1 is 1.57 bits per heavy atom. The van der Waals surface area contributed by atoms with Crippen molar-refractivity contribution in [2.24, 2.45) is 0 Å². The third-order valence-electron chi connectivity index (χ3n) is 1.68. The molecule has 0 aromatic carbocycles. The van der Waals surface area contributed by atoms with Crippen LogP contribution in [0.15, 0.2) is 27.2 Å². The van der Waals surface area contributed by atoms with Gasteiger partial charge in [0.25, 0.3) is 0 Å². The normalized spacial score (nSPS) is 11.4. The van der Waals surface area contributed by atoms with Crippen LogP contribution in [-0.2, 0) is 0 Å². The Hall–Kier alpha value is -1.36. The molecule has 0 aliphatic rings. The van der Waals surface area contributed by atoms with Crippen LogP contribution in [0.1, 0.15) is 7.13 Å². The number of nitrogens with zero attached hydrogens (tertiary/aromatic N) is 2. The lowest BCUT2D eigenvalue weighted by atomic mass is 10.3. The predicted octanol–water partition coefficient (Wildman–Crippen LogP) is 2.39. The summed E-state index contributed by atoms with van der Waals surface area (Å²) in [5.41, 5.74) is 5.97. The van der Waals surface area contributed by atoms with Gasteiger partial charge in [-0.3, -0.25) is 0 Å². The molecule has 72 valence electrons. The Morgan fingerprint density at radius 3 is 3.00 bits per heavy atom. The number of furan rings is 1. The van der Waals surface area contributed by atoms with E-state index < -0.39 is 0 Å². The second-order valence-corrected chi connectivity index (χ2v) is 3.56. The molecule has 2 heterocycles. The average Bonchev–Trinajstić information content (AvgIpc) is 2.58. The number of hydrogen-bond acceptors (Lipinski definition) is 4. The summed E-state index contributed by atoms with van der Waals surface area (Å²) >= 11 is 3.23. The third kappa shape index (κ3) is 1.63. The molecule has 2 aromatic heterocycles. The Morgan fingerprint density at radius 2 is 2.36 bits per heavy atom. The van der Waals surface area contributed by atoms with Crippen molar-refractivity contribution in [3.8, 4) is 11.5 Å². The fourth-order valence-electron chi connectivity index (χ4n) is 1.07. The van der Waals surface area contributed by atoms with Crippen molar-refractivity contribution in [1.82, 2.24) is 9.97 Å². The third-order valence-corrected chi connectivity index (χ3v) is 2.23. The molecule has 2 aromatic rings. The first-order chi connectivity index (χ1) is 7.08. The van der Waals surface area contributed by atoms with E-state index in [1.807, 2.05) is 13.0 Å². The zero-order valence-electron chi connectivity index (χ0n) is 8.41. The van der Waals surface area contributed by atoms with Gasteiger partial charge in [-0.25, -0.2) is 9.97 Å². The molecule has 0 saturated carbocycles. The molecule has 0 aliphatic heterocycles. The van der Waals surface area contributed by atoms with Gasteiger partial charge in [0.1, 0.15) is 11.5 Å². The van der Waals surface area contributed by atoms with Gasteiger partial charge in [0.2, 0.25) is 5.95 Å². The van der Waals surface area contributed by atoms with E-state index in [-0.39, 0.29) is 12.1 Å². The molecule has 14 heavy (non-hydrogen) atoms. The van der Waals surface area contributed by atoms with Gasteiger partial charge in [0.15, 0.2) is 5.76 Å². The number of aryl methyl sites for hydroxylation is 1. The summed E-state index contributed by atoms with van der Waals surface area (Å²) in [7, 11) is 0. The van der Waals surface area contributed by atoms with E-state index in [4.69, 9.17) is 11.5 Å². The number of halogens is 1. The van der Waals surface area contributed by atoms with Crippen molar-refractivity contribution >= 4 is 21.9 Å². The maximum absolute atomic E-state index is 7.54. The fraction of sp³-hybridized carbons (Fsp3) is 0.111. The summed E-state index contributed by atoms with van der Waals surface area (Å²) in [5.74, 6) is 1.41. The zero-order valence-corrected chi connectivity index (χ0v) is 9.00. The van der Waals surface area contributed by atoms with E-state index in [2.05, 4.69) is 25.9 Å². The van der Waals surface area contributed by atoms with Crippen LogP contribution in [0.3, 0.4) is 0 Å². The Bertz CT molecular complexity index is 512. The molecule has 0 bridgehead atoms. The number of nitrogens with two attached hydrogens (primary N) is 1. The lowest BCUT2D eigenvalue weighted by molar-refractivity contribution is 0.546. The molecule has 4 nitrogen and oxygen atoms in total. The second kappa shape index (κ2) is 3.42. The van der Waals surface area contributed by atoms with Gasteiger partial charge >= 0.3 is 0 Å². The van der Waals surface area contributed by atoms with Crippen LogP contribution in [-0.4, -0.2) is 9.97 Å². The van der Waals surface area contributed by atoms with Crippen molar-refractivity contribution in [3.05, 3.63) is 28.5 Å². The van der Waals surface area contributed by atoms with Gasteiger partial charge in [-0.05, 0) is 35.0 Å². The van der Waals surface area contributed by atoms with E-state index >= 15 is 0 Å². The van der Waals surface area contributed by atoms with Crippen LogP contribution in [0.2, 0.25) is 0 Å². The smallest absolute Gasteiger partial charge is 0.220 e. The average molecular weight is 255 g/mol. The molecule has 2 rings (SSSR count). The van der Waals surface area contributed by atoms with Gasteiger partial charge < -0.3 is 10.2 Å². The van der Waals surface area contributed by atoms with Gasteiger partial charge in [-0.2, -0.15) is 0 Å². The summed E-state index contributed by atoms with van der Waals surface area (Å²) in [5, 5.41) is 0. The number of anilines is 1. The van der Waals surface area contributed by atoms with Crippen molar-refractivity contribution in [3.63, 3.8) is 0 Å². The van der Waals surface area contributed by atoms with E-state index in [0.29, 0.717) is 15.9 Å². The molecule has 0 fully saturated rings. The van der Waals surface area contributed by atoms with Crippen molar-refractivity contribution in [2.75, 3.05) is 5.73 Å². The summed E-state index contributed by atoms with van der Waals surface area (Å²) in [6.45, 7) is 1.84. The molecule has 0 saturated heterocycles. The molecule has 0 aliphatic carbocycles. The molecular formula is C9H8BrN3O. The summed E-state index contributed by atoms with van der Waals surface area (Å²) in [6.07, 6.45) is 0.0477. The Kier molecular flexibility index (Phi) is 1.95. The molecule has 0 amide bonds. The van der Waals surface area contributed by atoms with Crippen LogP contribution >= 0.6 is 15.9 Å². The number of rotatable bonds is 1. The highest BCUT2D eigenvalue weighted by molar-refractivity contribution is 9.10. The number of aromatic nitrogens is 2. The molecule has 0 atom stereocenters. The highest BCUT2D eigenvalue weighted by Crippen LogP contribution is 2.27. The van der Waals surface area contributed by atoms with Crippen molar-refractivity contribution in [1.29, 1.82) is 0 Å². The maximum Gasteiger partial charge on any atom is 0.220 e. The SMILES string of the molecule is [2H]c1nc(N)nc(-c2ccc(C)o2)c1Br. The van der Waals surface area contributed by atoms with Gasteiger partial charge in [0.05, 0.1) is 5.84 Å². The monoisotopic (exact) mass is 254 g/mol. The molecule has 0 spiro atoms. The topological polar surface area (TPSA) is 64.9 Å². The lowest BCUT2D eigenvalue weighted by Crippen LogP contribution is -1.95. The van der Waals surface area contributed by atoms with Crippen LogP contribution in [0.5, 0.6) is 0 Å². The van der Waals surface area contributed by atoms with Gasteiger partial charge in [0, 0.05) is 6.17 Å². The number of nitrogen functional groups attached to an aromatic ring is 1. The van der Waals surface area contributed by atoms with Crippen LogP contribution in [0.4, 0.5) is 5.95 Å². The maximum atomic E-state index is 7.54. The van der Waals surface area contributed by atoms with Crippen molar-refractivity contribution < 1.29 is 5.79 Å². The quantitative estimate of drug-likeness (QED) is 0.849. The summed E-state index contributed by atoms with van der Waals surface area (Å²) in [6, 6.07) is 3.60. The van der Waals surface area contributed by atoms with Gasteiger partial charge in [-0.1, -0.05) is 0 Å². The Balaban J connectivity index is 2.62. The summed E-state index contributed by atoms with van der Waals surface area (Å²) < 4.78 is 13.4. The molecule has 2 N–H and O–H groups in total. The van der Waals surface area contributed by atoms with Crippen LogP contribution in [0.25, 0.3) is 11.5 Å². The molecule has 0 radical (unpaired) electrons. The summed E-state index contributed by atoms with van der Waals surface area (Å²) in [4.78, 5) is 7.73. The minimum atomic E-state index is 0.0477. The number of hydrogen-bond donors (Lipinski definition) is 1. The second-order valence-electron chi connectivity index (χ2n) is 2.77. The molecule has 5 heteroatoms. The van der Waals surface area contributed by atoms with E-state index in [9.17, 15) is 0 Å². The highest BCUT2D eigenvalue weighted by Gasteiger charge is 2.09. The minimum Gasteiger partial charge on any atom is -0.460 e. The van der Waals surface area contributed by atoms with E-state index in [1.165, 1.54) is 0 Å². The lowest BCUT2D eigenvalue weighted by Gasteiger charge is -1.99. The predicted molar refractivity (Wildman–Crippen MR) is 56.6 cm³/mol. The minimum absolute atomic E-state index is 0.0477. The standard InChI is InChI=1S/C9H8BrN3O/c1-5-2-3-7(14-5)8-6(10)4-12-9(11)13-8/h2-4H,1H3,(H2,11,12,13)/i4D. The zero-order chi connectivity index (χ0) is 11.0. The van der Waals surface area contributed by atoms with E-state index in [1.54, 1.807) is 6.07 Å². The van der Waals surface area contributed by atoms with Crippen LogP contribution < -0.4 is 5.73 Å². The fourth-order valence-corrected chi connectivity index (χ4v) is 1.45. The van der Waals surface area contributed by atoms with Crippen molar-refractivity contribution in [2.45, 2.75) is 6.92 Å². The largest absolute Gasteiger partial charge is 0.460 e. The van der Waals surface area contributed by atoms with Gasteiger partial charge in [-0.15, -0.1) is 0 Å². The first-order valence-corrected chi connectivity index (χ1v) is 4.73. The molecular weight excluding hydrogens is 246 g/mol.